The largest absolute Gasteiger partial charge is 0.441 e. The predicted molar refractivity (Wildman–Crippen MR) is 104 cm³/mol. The van der Waals surface area contributed by atoms with Gasteiger partial charge in [0.25, 0.3) is 0 Å². The first-order chi connectivity index (χ1) is 13.8. The van der Waals surface area contributed by atoms with Gasteiger partial charge in [-0.3, -0.25) is 4.79 Å². The Kier molecular flexibility index (Phi) is 5.29. The lowest BCUT2D eigenvalue weighted by molar-refractivity contribution is -0.121. The van der Waals surface area contributed by atoms with Crippen molar-refractivity contribution in [3.05, 3.63) is 84.8 Å². The molecule has 0 saturated carbocycles. The number of hydrogen-bond acceptors (Lipinski definition) is 5. The molecule has 0 atom stereocenters. The molecular formula is C22H19N3O3. The molecular weight excluding hydrogens is 354 g/mol. The van der Waals surface area contributed by atoms with E-state index < -0.39 is 0 Å². The summed E-state index contributed by atoms with van der Waals surface area (Å²) >= 11 is 0. The molecule has 1 N–H and O–H groups in total. The molecule has 0 radical (unpaired) electrons. The predicted octanol–water partition coefficient (Wildman–Crippen LogP) is 4.25. The fourth-order valence-corrected chi connectivity index (χ4v) is 2.77. The Labute approximate surface area is 162 Å². The summed E-state index contributed by atoms with van der Waals surface area (Å²) in [6.45, 7) is 0.243. The maximum absolute atomic E-state index is 12.1. The highest BCUT2D eigenvalue weighted by Gasteiger charge is 2.11. The summed E-state index contributed by atoms with van der Waals surface area (Å²) < 4.78 is 11.4. The van der Waals surface area contributed by atoms with Gasteiger partial charge in [-0.1, -0.05) is 60.7 Å². The molecule has 6 heteroatoms. The third-order valence-electron chi connectivity index (χ3n) is 4.23. The van der Waals surface area contributed by atoms with Crippen molar-refractivity contribution in [2.45, 2.75) is 19.4 Å². The van der Waals surface area contributed by atoms with Gasteiger partial charge in [-0.2, -0.15) is 0 Å². The van der Waals surface area contributed by atoms with Gasteiger partial charge in [-0.15, -0.1) is 0 Å². The minimum Gasteiger partial charge on any atom is -0.441 e. The number of oxazole rings is 2. The van der Waals surface area contributed by atoms with Crippen molar-refractivity contribution in [1.29, 1.82) is 0 Å². The lowest BCUT2D eigenvalue weighted by Crippen LogP contribution is -2.23. The van der Waals surface area contributed by atoms with Crippen LogP contribution in [0.25, 0.3) is 22.6 Å². The molecule has 0 aliphatic rings. The Morgan fingerprint density at radius 1 is 0.786 bits per heavy atom. The summed E-state index contributed by atoms with van der Waals surface area (Å²) in [5.74, 6) is 2.27. The molecule has 0 saturated heterocycles. The van der Waals surface area contributed by atoms with Gasteiger partial charge in [0.2, 0.25) is 11.8 Å². The summed E-state index contributed by atoms with van der Waals surface area (Å²) in [6, 6.07) is 19.4. The summed E-state index contributed by atoms with van der Waals surface area (Å²) in [7, 11) is 0. The zero-order valence-electron chi connectivity index (χ0n) is 15.2. The van der Waals surface area contributed by atoms with E-state index in [0.29, 0.717) is 29.7 Å². The average Bonchev–Trinajstić information content (AvgIpc) is 3.42. The van der Waals surface area contributed by atoms with E-state index >= 15 is 0 Å². The smallest absolute Gasteiger partial charge is 0.220 e. The van der Waals surface area contributed by atoms with Crippen molar-refractivity contribution in [2.75, 3.05) is 0 Å². The fourth-order valence-electron chi connectivity index (χ4n) is 2.77. The van der Waals surface area contributed by atoms with Gasteiger partial charge in [0.15, 0.2) is 17.4 Å². The van der Waals surface area contributed by atoms with Crippen molar-refractivity contribution in [2.24, 2.45) is 0 Å². The second-order valence-corrected chi connectivity index (χ2v) is 6.25. The highest BCUT2D eigenvalue weighted by molar-refractivity contribution is 5.75. The van der Waals surface area contributed by atoms with E-state index in [1.54, 1.807) is 12.4 Å². The van der Waals surface area contributed by atoms with E-state index in [1.807, 2.05) is 60.7 Å². The summed E-state index contributed by atoms with van der Waals surface area (Å²) in [5, 5.41) is 2.81. The summed E-state index contributed by atoms with van der Waals surface area (Å²) in [4.78, 5) is 20.5. The minimum atomic E-state index is -0.112. The number of nitrogens with zero attached hydrogens (tertiary/aromatic N) is 2. The Hall–Kier alpha value is -3.67. The molecule has 1 amide bonds. The van der Waals surface area contributed by atoms with Gasteiger partial charge >= 0.3 is 0 Å². The number of aryl methyl sites for hydroxylation is 1. The molecule has 0 spiro atoms. The van der Waals surface area contributed by atoms with Gasteiger partial charge in [0, 0.05) is 24.0 Å². The van der Waals surface area contributed by atoms with Crippen LogP contribution < -0.4 is 5.32 Å². The second kappa shape index (κ2) is 8.35. The summed E-state index contributed by atoms with van der Waals surface area (Å²) in [5.41, 5.74) is 1.91. The average molecular weight is 373 g/mol. The van der Waals surface area contributed by atoms with E-state index in [4.69, 9.17) is 8.83 Å². The third-order valence-corrected chi connectivity index (χ3v) is 4.23. The number of amides is 1. The van der Waals surface area contributed by atoms with Crippen molar-refractivity contribution < 1.29 is 13.6 Å². The van der Waals surface area contributed by atoms with Crippen LogP contribution in [0, 0.1) is 0 Å². The van der Waals surface area contributed by atoms with Crippen LogP contribution >= 0.6 is 0 Å². The molecule has 2 heterocycles. The molecule has 0 aliphatic heterocycles. The first-order valence-electron chi connectivity index (χ1n) is 9.05. The van der Waals surface area contributed by atoms with Crippen molar-refractivity contribution in [3.63, 3.8) is 0 Å². The Balaban J connectivity index is 1.26. The van der Waals surface area contributed by atoms with E-state index in [2.05, 4.69) is 15.3 Å². The molecule has 6 nitrogen and oxygen atoms in total. The maximum atomic E-state index is 12.1. The van der Waals surface area contributed by atoms with E-state index in [-0.39, 0.29) is 18.9 Å². The van der Waals surface area contributed by atoms with Gasteiger partial charge in [0.05, 0.1) is 18.9 Å². The number of nitrogens with one attached hydrogen (secondary N) is 1. The number of benzene rings is 2. The first kappa shape index (κ1) is 17.7. The molecule has 2 aromatic carbocycles. The summed E-state index contributed by atoms with van der Waals surface area (Å²) in [6.07, 6.45) is 4.05. The molecule has 28 heavy (non-hydrogen) atoms. The number of carbonyl (C=O) groups excluding carboxylic acids is 1. The zero-order chi connectivity index (χ0) is 19.2. The van der Waals surface area contributed by atoms with Crippen LogP contribution in [-0.4, -0.2) is 15.9 Å². The molecule has 4 rings (SSSR count). The SMILES string of the molecule is O=C(CCc1ncc(-c2ccccc2)o1)NCc1ncc(-c2ccccc2)o1. The number of aromatic nitrogens is 2. The fraction of sp³-hybridized carbons (Fsp3) is 0.136. The van der Waals surface area contributed by atoms with Crippen LogP contribution in [-0.2, 0) is 17.8 Å². The lowest BCUT2D eigenvalue weighted by atomic mass is 10.2. The minimum absolute atomic E-state index is 0.112. The third kappa shape index (κ3) is 4.35. The topological polar surface area (TPSA) is 81.2 Å². The first-order valence-corrected chi connectivity index (χ1v) is 9.05. The molecule has 0 bridgehead atoms. The number of rotatable bonds is 7. The quantitative estimate of drug-likeness (QED) is 0.524. The maximum Gasteiger partial charge on any atom is 0.220 e. The highest BCUT2D eigenvalue weighted by atomic mass is 16.4. The van der Waals surface area contributed by atoms with Gasteiger partial charge in [-0.05, 0) is 0 Å². The van der Waals surface area contributed by atoms with Crippen LogP contribution in [0.15, 0.2) is 81.9 Å². The van der Waals surface area contributed by atoms with Crippen LogP contribution in [0.2, 0.25) is 0 Å². The normalized spacial score (nSPS) is 10.7. The number of carbonyl (C=O) groups is 1. The molecule has 4 aromatic rings. The number of hydrogen-bond donors (Lipinski definition) is 1. The molecule has 0 unspecified atom stereocenters. The van der Waals surface area contributed by atoms with Crippen LogP contribution in [0.4, 0.5) is 0 Å². The van der Waals surface area contributed by atoms with Gasteiger partial charge in [-0.25, -0.2) is 9.97 Å². The van der Waals surface area contributed by atoms with E-state index in [9.17, 15) is 4.79 Å². The Morgan fingerprint density at radius 2 is 1.32 bits per heavy atom. The zero-order valence-corrected chi connectivity index (χ0v) is 15.2. The van der Waals surface area contributed by atoms with Crippen LogP contribution in [0.3, 0.4) is 0 Å². The second-order valence-electron chi connectivity index (χ2n) is 6.25. The van der Waals surface area contributed by atoms with Gasteiger partial charge in [0.1, 0.15) is 0 Å². The van der Waals surface area contributed by atoms with E-state index in [1.165, 1.54) is 0 Å². The lowest BCUT2D eigenvalue weighted by Gasteiger charge is -2.01. The Morgan fingerprint density at radius 3 is 1.93 bits per heavy atom. The monoisotopic (exact) mass is 373 g/mol. The Bertz CT molecular complexity index is 955. The standard InChI is InChI=1S/C22H19N3O3/c26-20(11-12-21-24-13-18(27-21)16-7-3-1-4-8-16)23-15-22-25-14-19(28-22)17-9-5-2-6-10-17/h1-10,13-14H,11-12,15H2,(H,23,26). The van der Waals surface area contributed by atoms with Crippen LogP contribution in [0.5, 0.6) is 0 Å². The van der Waals surface area contributed by atoms with Gasteiger partial charge < -0.3 is 14.2 Å². The molecule has 140 valence electrons. The molecule has 0 fully saturated rings. The molecule has 2 aromatic heterocycles. The van der Waals surface area contributed by atoms with Crippen molar-refractivity contribution >= 4 is 5.91 Å². The van der Waals surface area contributed by atoms with Crippen molar-refractivity contribution in [3.8, 4) is 22.6 Å². The molecule has 0 aliphatic carbocycles. The van der Waals surface area contributed by atoms with E-state index in [0.717, 1.165) is 11.1 Å². The highest BCUT2D eigenvalue weighted by Crippen LogP contribution is 2.21. The van der Waals surface area contributed by atoms with Crippen LogP contribution in [0.1, 0.15) is 18.2 Å². The van der Waals surface area contributed by atoms with Crippen molar-refractivity contribution in [1.82, 2.24) is 15.3 Å².